The van der Waals surface area contributed by atoms with E-state index in [0.717, 1.165) is 12.8 Å². The first-order valence-corrected chi connectivity index (χ1v) is 12.6. The monoisotopic (exact) mass is 465 g/mol. The van der Waals surface area contributed by atoms with Gasteiger partial charge in [-0.25, -0.2) is 22.3 Å². The first-order chi connectivity index (χ1) is 15.3. The molecule has 4 rings (SSSR count). The van der Waals surface area contributed by atoms with Gasteiger partial charge in [0.2, 0.25) is 15.9 Å². The van der Waals surface area contributed by atoms with Gasteiger partial charge in [0.15, 0.2) is 11.6 Å². The fourth-order valence-corrected chi connectivity index (χ4v) is 5.34. The lowest BCUT2D eigenvalue weighted by molar-refractivity contribution is -0.118. The average molecular weight is 466 g/mol. The van der Waals surface area contributed by atoms with Gasteiger partial charge in [0, 0.05) is 6.54 Å². The molecular weight excluding hydrogens is 437 g/mol. The van der Waals surface area contributed by atoms with Crippen LogP contribution >= 0.6 is 0 Å². The maximum atomic E-state index is 14.2. The fraction of sp³-hybridized carbons (Fsp3) is 0.545. The number of nitrogens with zero attached hydrogens (tertiary/aromatic N) is 1. The second-order valence-corrected chi connectivity index (χ2v) is 10.6. The molecule has 3 aliphatic rings. The number of carbonyl (C=O) groups is 2. The van der Waals surface area contributed by atoms with E-state index in [1.54, 1.807) is 24.3 Å². The van der Waals surface area contributed by atoms with Gasteiger partial charge in [-0.1, -0.05) is 24.6 Å². The van der Waals surface area contributed by atoms with Crippen LogP contribution in [-0.2, 0) is 20.4 Å². The van der Waals surface area contributed by atoms with Crippen molar-refractivity contribution in [2.45, 2.75) is 44.1 Å². The number of allylic oxidation sites excluding steroid dienone is 1. The standard InChI is InChI=1S/C22H28FN3O5S/c23-18-8-7-17(13-19(18)31-15-16-5-4-6-16)22(9-10-22)25-32(29,30)12-3-1-2-11-26-14-20(27)24-21(26)28/h1-2,7-8,13,16,25H,3-6,9-12,14-15H2,(H,24,27,28)/b2-1+. The summed E-state index contributed by atoms with van der Waals surface area (Å²) in [6.07, 6.45) is 8.30. The summed E-state index contributed by atoms with van der Waals surface area (Å²) in [6.45, 7) is 0.739. The Morgan fingerprint density at radius 3 is 2.66 bits per heavy atom. The van der Waals surface area contributed by atoms with Crippen molar-refractivity contribution in [3.8, 4) is 5.75 Å². The predicted octanol–water partition coefficient (Wildman–Crippen LogP) is 2.41. The second kappa shape index (κ2) is 9.19. The quantitative estimate of drug-likeness (QED) is 0.386. The van der Waals surface area contributed by atoms with Gasteiger partial charge in [0.25, 0.3) is 0 Å². The lowest BCUT2D eigenvalue weighted by Gasteiger charge is -2.25. The number of hydrogen-bond donors (Lipinski definition) is 2. The Morgan fingerprint density at radius 2 is 2.03 bits per heavy atom. The zero-order valence-corrected chi connectivity index (χ0v) is 18.6. The molecule has 0 atom stereocenters. The van der Waals surface area contributed by atoms with E-state index in [1.165, 1.54) is 17.4 Å². The van der Waals surface area contributed by atoms with Crippen LogP contribution in [-0.4, -0.2) is 50.7 Å². The number of ether oxygens (including phenoxy) is 1. The first-order valence-electron chi connectivity index (χ1n) is 10.9. The number of nitrogens with one attached hydrogen (secondary N) is 2. The minimum Gasteiger partial charge on any atom is -0.490 e. The highest BCUT2D eigenvalue weighted by atomic mass is 32.2. The molecule has 3 fully saturated rings. The van der Waals surface area contributed by atoms with Crippen LogP contribution in [0.3, 0.4) is 0 Å². The lowest BCUT2D eigenvalue weighted by atomic mass is 9.86. The van der Waals surface area contributed by atoms with Gasteiger partial charge in [-0.3, -0.25) is 10.1 Å². The van der Waals surface area contributed by atoms with Gasteiger partial charge < -0.3 is 9.64 Å². The Morgan fingerprint density at radius 1 is 1.25 bits per heavy atom. The van der Waals surface area contributed by atoms with E-state index in [0.29, 0.717) is 30.9 Å². The van der Waals surface area contributed by atoms with Gasteiger partial charge in [-0.2, -0.15) is 0 Å². The van der Waals surface area contributed by atoms with E-state index in [1.807, 2.05) is 0 Å². The highest BCUT2D eigenvalue weighted by Gasteiger charge is 2.47. The number of sulfonamides is 1. The molecule has 0 radical (unpaired) electrons. The summed E-state index contributed by atoms with van der Waals surface area (Å²) in [4.78, 5) is 24.0. The average Bonchev–Trinajstić information content (AvgIpc) is 3.38. The molecule has 0 unspecified atom stereocenters. The number of benzene rings is 1. The van der Waals surface area contributed by atoms with E-state index < -0.39 is 27.4 Å². The van der Waals surface area contributed by atoms with Crippen molar-refractivity contribution in [1.82, 2.24) is 14.9 Å². The van der Waals surface area contributed by atoms with E-state index >= 15 is 0 Å². The zero-order chi connectivity index (χ0) is 22.8. The molecule has 32 heavy (non-hydrogen) atoms. The molecular formula is C22H28FN3O5S. The number of hydrogen-bond acceptors (Lipinski definition) is 5. The number of halogens is 1. The molecule has 3 amide bonds. The van der Waals surface area contributed by atoms with Gasteiger partial charge in [-0.05, 0) is 55.7 Å². The molecule has 1 aromatic carbocycles. The van der Waals surface area contributed by atoms with Crippen molar-refractivity contribution >= 4 is 22.0 Å². The lowest BCUT2D eigenvalue weighted by Crippen LogP contribution is -2.36. The molecule has 1 heterocycles. The molecule has 1 aliphatic heterocycles. The van der Waals surface area contributed by atoms with Crippen molar-refractivity contribution in [1.29, 1.82) is 0 Å². The van der Waals surface area contributed by atoms with Crippen LogP contribution in [0, 0.1) is 11.7 Å². The highest BCUT2D eigenvalue weighted by Crippen LogP contribution is 2.47. The third-order valence-electron chi connectivity index (χ3n) is 6.20. The van der Waals surface area contributed by atoms with E-state index in [4.69, 9.17) is 4.74 Å². The van der Waals surface area contributed by atoms with Crippen LogP contribution in [0.1, 0.15) is 44.1 Å². The summed E-state index contributed by atoms with van der Waals surface area (Å²) in [5, 5.41) is 2.18. The number of imide groups is 1. The minimum atomic E-state index is -3.57. The molecule has 2 saturated carbocycles. The molecule has 1 aromatic rings. The van der Waals surface area contributed by atoms with Crippen LogP contribution < -0.4 is 14.8 Å². The van der Waals surface area contributed by atoms with Gasteiger partial charge in [0.1, 0.15) is 6.54 Å². The van der Waals surface area contributed by atoms with E-state index in [9.17, 15) is 22.4 Å². The Bertz CT molecular complexity index is 1020. The molecule has 8 nitrogen and oxygen atoms in total. The Hall–Kier alpha value is -2.46. The largest absolute Gasteiger partial charge is 0.490 e. The molecule has 10 heteroatoms. The normalized spacial score (nSPS) is 20.5. The molecule has 174 valence electrons. The van der Waals surface area contributed by atoms with Crippen LogP contribution in [0.25, 0.3) is 0 Å². The van der Waals surface area contributed by atoms with Gasteiger partial charge in [0.05, 0.1) is 17.9 Å². The SMILES string of the molecule is O=C1CN(C/C=C/CCS(=O)(=O)NC2(c3ccc(F)c(OCC4CCC4)c3)CC2)C(=O)N1. The maximum Gasteiger partial charge on any atom is 0.324 e. The number of rotatable bonds is 11. The van der Waals surface area contributed by atoms with Gasteiger partial charge in [-0.15, -0.1) is 0 Å². The summed E-state index contributed by atoms with van der Waals surface area (Å²) in [7, 11) is -3.57. The van der Waals surface area contributed by atoms with Crippen molar-refractivity contribution in [2.75, 3.05) is 25.4 Å². The summed E-state index contributed by atoms with van der Waals surface area (Å²) in [5.74, 6) is -0.248. The fourth-order valence-electron chi connectivity index (χ4n) is 3.88. The summed E-state index contributed by atoms with van der Waals surface area (Å²) < 4.78 is 47.9. The predicted molar refractivity (Wildman–Crippen MR) is 116 cm³/mol. The second-order valence-electron chi connectivity index (χ2n) is 8.75. The third kappa shape index (κ3) is 5.47. The summed E-state index contributed by atoms with van der Waals surface area (Å²) in [5.41, 5.74) is 0.00471. The van der Waals surface area contributed by atoms with E-state index in [2.05, 4.69) is 10.0 Å². The Labute approximate surface area is 187 Å². The summed E-state index contributed by atoms with van der Waals surface area (Å²) in [6, 6.07) is 4.12. The molecule has 2 N–H and O–H groups in total. The van der Waals surface area contributed by atoms with Crippen molar-refractivity contribution in [2.24, 2.45) is 5.92 Å². The number of carbonyl (C=O) groups excluding carboxylic acids is 2. The summed E-state index contributed by atoms with van der Waals surface area (Å²) >= 11 is 0. The molecule has 0 aromatic heterocycles. The maximum absolute atomic E-state index is 14.2. The highest BCUT2D eigenvalue weighted by molar-refractivity contribution is 7.89. The van der Waals surface area contributed by atoms with Crippen molar-refractivity contribution < 1.29 is 27.1 Å². The van der Waals surface area contributed by atoms with Crippen LogP contribution in [0.4, 0.5) is 9.18 Å². The molecule has 1 saturated heterocycles. The molecule has 0 bridgehead atoms. The van der Waals surface area contributed by atoms with Gasteiger partial charge >= 0.3 is 6.03 Å². The zero-order valence-electron chi connectivity index (χ0n) is 17.8. The number of urea groups is 1. The first kappa shape index (κ1) is 22.7. The topological polar surface area (TPSA) is 105 Å². The smallest absolute Gasteiger partial charge is 0.324 e. The van der Waals surface area contributed by atoms with Crippen LogP contribution in [0.15, 0.2) is 30.4 Å². The van der Waals surface area contributed by atoms with Crippen molar-refractivity contribution in [3.63, 3.8) is 0 Å². The number of amides is 3. The Kier molecular flexibility index (Phi) is 6.52. The Balaban J connectivity index is 1.30. The molecule has 2 aliphatic carbocycles. The van der Waals surface area contributed by atoms with Crippen LogP contribution in [0.5, 0.6) is 5.75 Å². The van der Waals surface area contributed by atoms with E-state index in [-0.39, 0.29) is 36.9 Å². The van der Waals surface area contributed by atoms with Crippen molar-refractivity contribution in [3.05, 3.63) is 41.7 Å². The van der Waals surface area contributed by atoms with Crippen LogP contribution in [0.2, 0.25) is 0 Å². The third-order valence-corrected chi connectivity index (χ3v) is 7.67. The minimum absolute atomic E-state index is 0.00950. The molecule has 0 spiro atoms.